The molecule has 2 aromatic carbocycles. The molecule has 2 aromatic rings. The normalized spacial score (nSPS) is 17.0. The van der Waals surface area contributed by atoms with E-state index in [-0.39, 0.29) is 22.7 Å². The number of rotatable bonds is 4. The molecule has 1 saturated heterocycles. The molecule has 1 atom stereocenters. The molecule has 3 rings (SSSR count). The summed E-state index contributed by atoms with van der Waals surface area (Å²) in [5.41, 5.74) is 1.38. The van der Waals surface area contributed by atoms with Crippen LogP contribution in [0.3, 0.4) is 0 Å². The molecule has 1 fully saturated rings. The van der Waals surface area contributed by atoms with Crippen molar-refractivity contribution in [1.29, 1.82) is 0 Å². The van der Waals surface area contributed by atoms with Crippen molar-refractivity contribution in [3.05, 3.63) is 55.6 Å². The van der Waals surface area contributed by atoms with Crippen LogP contribution in [0.5, 0.6) is 11.5 Å². The van der Waals surface area contributed by atoms with Gasteiger partial charge in [0.2, 0.25) is 5.91 Å². The molecule has 0 radical (unpaired) electrons. The van der Waals surface area contributed by atoms with E-state index < -0.39 is 4.92 Å². The first-order valence-corrected chi connectivity index (χ1v) is 9.29. The number of methoxy groups -OCH3 is 1. The van der Waals surface area contributed by atoms with Gasteiger partial charge < -0.3 is 9.84 Å². The molecule has 1 heterocycles. The number of phenolic OH excluding ortho intramolecular Hbond substituents is 1. The summed E-state index contributed by atoms with van der Waals surface area (Å²) in [6.07, 6.45) is 0. The standard InChI is InChI=1S/C16H13IN2O5S/c1-24-13-7-9(6-12(17)15(13)21)16-18(14(20)8-25-16)10-2-4-11(5-3-10)19(22)23/h2-7,16,21H,8H2,1H3. The van der Waals surface area contributed by atoms with Gasteiger partial charge in [-0.25, -0.2) is 0 Å². The second-order valence-electron chi connectivity index (χ2n) is 5.25. The van der Waals surface area contributed by atoms with Crippen LogP contribution in [-0.2, 0) is 4.79 Å². The van der Waals surface area contributed by atoms with Gasteiger partial charge in [0.25, 0.3) is 5.69 Å². The first-order valence-electron chi connectivity index (χ1n) is 7.17. The number of ether oxygens (including phenoxy) is 1. The SMILES string of the molecule is COc1cc(C2SCC(=O)N2c2ccc([N+](=O)[O-])cc2)cc(I)c1O. The van der Waals surface area contributed by atoms with Crippen LogP contribution in [0.4, 0.5) is 11.4 Å². The maximum atomic E-state index is 12.4. The maximum absolute atomic E-state index is 12.4. The molecule has 0 aliphatic carbocycles. The minimum absolute atomic E-state index is 0.0274. The third-order valence-electron chi connectivity index (χ3n) is 3.76. The Bertz CT molecular complexity index is 843. The second-order valence-corrected chi connectivity index (χ2v) is 7.48. The van der Waals surface area contributed by atoms with Gasteiger partial charge >= 0.3 is 0 Å². The van der Waals surface area contributed by atoms with Crippen LogP contribution < -0.4 is 9.64 Å². The molecule has 7 nitrogen and oxygen atoms in total. The van der Waals surface area contributed by atoms with Crippen LogP contribution in [0.1, 0.15) is 10.9 Å². The lowest BCUT2D eigenvalue weighted by Gasteiger charge is -2.25. The van der Waals surface area contributed by atoms with E-state index in [1.165, 1.54) is 31.0 Å². The number of halogens is 1. The quantitative estimate of drug-likeness (QED) is 0.415. The maximum Gasteiger partial charge on any atom is 0.269 e. The Morgan fingerprint density at radius 1 is 1.36 bits per heavy atom. The van der Waals surface area contributed by atoms with Gasteiger partial charge in [0, 0.05) is 17.8 Å². The summed E-state index contributed by atoms with van der Waals surface area (Å²) >= 11 is 3.46. The van der Waals surface area contributed by atoms with Crippen molar-refractivity contribution < 1.29 is 19.6 Å². The van der Waals surface area contributed by atoms with Crippen LogP contribution in [0.2, 0.25) is 0 Å². The van der Waals surface area contributed by atoms with E-state index in [1.54, 1.807) is 29.2 Å². The number of aromatic hydroxyl groups is 1. The number of anilines is 1. The van der Waals surface area contributed by atoms with Gasteiger partial charge in [-0.15, -0.1) is 11.8 Å². The number of thioether (sulfide) groups is 1. The van der Waals surface area contributed by atoms with Crippen molar-refractivity contribution in [2.75, 3.05) is 17.8 Å². The summed E-state index contributed by atoms with van der Waals surface area (Å²) in [4.78, 5) is 24.3. The van der Waals surface area contributed by atoms with Crippen molar-refractivity contribution in [2.45, 2.75) is 5.37 Å². The molecule has 1 amide bonds. The third kappa shape index (κ3) is 3.38. The third-order valence-corrected chi connectivity index (χ3v) is 5.80. The molecular formula is C16H13IN2O5S. The van der Waals surface area contributed by atoms with Crippen LogP contribution in [0, 0.1) is 13.7 Å². The molecule has 9 heteroatoms. The van der Waals surface area contributed by atoms with E-state index in [0.29, 0.717) is 20.8 Å². The van der Waals surface area contributed by atoms with Crippen molar-refractivity contribution >= 4 is 51.6 Å². The Labute approximate surface area is 161 Å². The van der Waals surface area contributed by atoms with E-state index in [4.69, 9.17) is 4.74 Å². The van der Waals surface area contributed by atoms with E-state index in [0.717, 1.165) is 5.56 Å². The topological polar surface area (TPSA) is 92.9 Å². The Kier molecular flexibility index (Phi) is 5.04. The number of amides is 1. The largest absolute Gasteiger partial charge is 0.504 e. The molecule has 0 bridgehead atoms. The van der Waals surface area contributed by atoms with Gasteiger partial charge in [0.1, 0.15) is 5.37 Å². The lowest BCUT2D eigenvalue weighted by molar-refractivity contribution is -0.384. The monoisotopic (exact) mass is 472 g/mol. The lowest BCUT2D eigenvalue weighted by atomic mass is 10.1. The highest BCUT2D eigenvalue weighted by atomic mass is 127. The number of hydrogen-bond acceptors (Lipinski definition) is 6. The van der Waals surface area contributed by atoms with Crippen molar-refractivity contribution in [2.24, 2.45) is 0 Å². The number of hydrogen-bond donors (Lipinski definition) is 1. The average molecular weight is 472 g/mol. The van der Waals surface area contributed by atoms with E-state index in [2.05, 4.69) is 0 Å². The van der Waals surface area contributed by atoms with E-state index >= 15 is 0 Å². The summed E-state index contributed by atoms with van der Waals surface area (Å²) in [7, 11) is 1.47. The van der Waals surface area contributed by atoms with Crippen LogP contribution in [0.25, 0.3) is 0 Å². The first kappa shape index (κ1) is 17.8. The molecule has 0 saturated carbocycles. The zero-order valence-electron chi connectivity index (χ0n) is 13.0. The summed E-state index contributed by atoms with van der Waals surface area (Å²) in [6, 6.07) is 9.39. The van der Waals surface area contributed by atoms with Gasteiger partial charge in [-0.3, -0.25) is 19.8 Å². The Hall–Kier alpha value is -2.01. The Morgan fingerprint density at radius 2 is 2.04 bits per heavy atom. The number of nitro groups is 1. The predicted octanol–water partition coefficient (Wildman–Crippen LogP) is 3.69. The van der Waals surface area contributed by atoms with Gasteiger partial charge in [-0.1, -0.05) is 0 Å². The molecule has 1 N–H and O–H groups in total. The highest BCUT2D eigenvalue weighted by Gasteiger charge is 2.35. The minimum Gasteiger partial charge on any atom is -0.504 e. The van der Waals surface area contributed by atoms with Gasteiger partial charge in [-0.2, -0.15) is 0 Å². The van der Waals surface area contributed by atoms with Crippen molar-refractivity contribution in [3.8, 4) is 11.5 Å². The predicted molar refractivity (Wildman–Crippen MR) is 103 cm³/mol. The number of carbonyl (C=O) groups is 1. The fourth-order valence-corrected chi connectivity index (χ4v) is 4.36. The van der Waals surface area contributed by atoms with Gasteiger partial charge in [0.15, 0.2) is 11.5 Å². The van der Waals surface area contributed by atoms with Crippen LogP contribution >= 0.6 is 34.4 Å². The number of phenols is 1. The zero-order chi connectivity index (χ0) is 18.1. The number of non-ortho nitro benzene ring substituents is 1. The second kappa shape index (κ2) is 7.08. The number of nitro benzene ring substituents is 1. The number of benzene rings is 2. The fourth-order valence-electron chi connectivity index (χ4n) is 2.58. The summed E-state index contributed by atoms with van der Waals surface area (Å²) in [5.74, 6) is 0.626. The molecule has 1 aliphatic heterocycles. The van der Waals surface area contributed by atoms with Crippen molar-refractivity contribution in [1.82, 2.24) is 0 Å². The van der Waals surface area contributed by atoms with Crippen molar-refractivity contribution in [3.63, 3.8) is 0 Å². The highest BCUT2D eigenvalue weighted by molar-refractivity contribution is 14.1. The van der Waals surface area contributed by atoms with Crippen LogP contribution in [-0.4, -0.2) is 28.8 Å². The summed E-state index contributed by atoms with van der Waals surface area (Å²) < 4.78 is 5.81. The number of carbonyl (C=O) groups excluding carboxylic acids is 1. The molecule has 0 aromatic heterocycles. The number of nitrogens with zero attached hydrogens (tertiary/aromatic N) is 2. The molecular weight excluding hydrogens is 459 g/mol. The smallest absolute Gasteiger partial charge is 0.269 e. The summed E-state index contributed by atoms with van der Waals surface area (Å²) in [5, 5.41) is 20.5. The molecule has 130 valence electrons. The average Bonchev–Trinajstić information content (AvgIpc) is 2.98. The summed E-state index contributed by atoms with van der Waals surface area (Å²) in [6.45, 7) is 0. The minimum atomic E-state index is -0.477. The molecule has 0 spiro atoms. The lowest BCUT2D eigenvalue weighted by Crippen LogP contribution is -2.27. The van der Waals surface area contributed by atoms with E-state index in [9.17, 15) is 20.0 Å². The van der Waals surface area contributed by atoms with Crippen LogP contribution in [0.15, 0.2) is 36.4 Å². The Morgan fingerprint density at radius 3 is 2.64 bits per heavy atom. The molecule has 25 heavy (non-hydrogen) atoms. The van der Waals surface area contributed by atoms with Gasteiger partial charge in [-0.05, 0) is 52.4 Å². The zero-order valence-corrected chi connectivity index (χ0v) is 16.0. The molecule has 1 aliphatic rings. The first-order chi connectivity index (χ1) is 11.9. The highest BCUT2D eigenvalue weighted by Crippen LogP contribution is 2.45. The fraction of sp³-hybridized carbons (Fsp3) is 0.188. The molecule has 1 unspecified atom stereocenters. The van der Waals surface area contributed by atoms with E-state index in [1.807, 2.05) is 22.6 Å². The Balaban J connectivity index is 2.00. The van der Waals surface area contributed by atoms with Gasteiger partial charge in [0.05, 0.1) is 21.4 Å².